The molecule has 0 aliphatic carbocycles. The Bertz CT molecular complexity index is 705. The second kappa shape index (κ2) is 5.26. The van der Waals surface area contributed by atoms with Gasteiger partial charge in [-0.05, 0) is 31.2 Å². The molecular weight excluding hydrogens is 290 g/mol. The van der Waals surface area contributed by atoms with Gasteiger partial charge in [-0.15, -0.1) is 0 Å². The molecule has 0 radical (unpaired) electrons. The highest BCUT2D eigenvalue weighted by molar-refractivity contribution is 6.31. The van der Waals surface area contributed by atoms with Crippen molar-refractivity contribution in [3.05, 3.63) is 47.1 Å². The lowest BCUT2D eigenvalue weighted by Gasteiger charge is -2.32. The summed E-state index contributed by atoms with van der Waals surface area (Å²) in [6, 6.07) is 10.7. The first kappa shape index (κ1) is 13.7. The van der Waals surface area contributed by atoms with Crippen LogP contribution in [0.15, 0.2) is 36.4 Å². The number of nitrogen functional groups attached to an aromatic ring is 1. The van der Waals surface area contributed by atoms with Gasteiger partial charge in [0.15, 0.2) is 6.10 Å². The van der Waals surface area contributed by atoms with Crippen LogP contribution in [0.1, 0.15) is 12.6 Å². The Kier molecular flexibility index (Phi) is 3.43. The van der Waals surface area contributed by atoms with Crippen molar-refractivity contribution in [3.63, 3.8) is 0 Å². The summed E-state index contributed by atoms with van der Waals surface area (Å²) in [6.45, 7) is 1.98. The van der Waals surface area contributed by atoms with E-state index in [1.807, 2.05) is 24.3 Å². The summed E-state index contributed by atoms with van der Waals surface area (Å²) < 4.78 is 5.60. The number of rotatable bonds is 2. The van der Waals surface area contributed by atoms with Gasteiger partial charge >= 0.3 is 0 Å². The van der Waals surface area contributed by atoms with E-state index < -0.39 is 6.10 Å². The molecule has 1 aliphatic rings. The number of anilines is 2. The molecule has 0 spiro atoms. The highest BCUT2D eigenvalue weighted by Gasteiger charge is 2.31. The number of nitrogens with two attached hydrogens (primary N) is 1. The molecule has 2 N–H and O–H groups in total. The Balaban J connectivity index is 2.01. The van der Waals surface area contributed by atoms with Crippen LogP contribution in [0, 0.1) is 0 Å². The van der Waals surface area contributed by atoms with E-state index in [4.69, 9.17) is 22.1 Å². The molecule has 2 heterocycles. The number of para-hydroxylation sites is 2. The number of nitrogens with zero attached hydrogens (tertiary/aromatic N) is 2. The van der Waals surface area contributed by atoms with E-state index in [-0.39, 0.29) is 12.5 Å². The van der Waals surface area contributed by atoms with Crippen molar-refractivity contribution >= 4 is 29.0 Å². The maximum atomic E-state index is 12.4. The van der Waals surface area contributed by atoms with Crippen LogP contribution in [0.4, 0.5) is 11.5 Å². The summed E-state index contributed by atoms with van der Waals surface area (Å²) >= 11 is 6.14. The molecule has 21 heavy (non-hydrogen) atoms. The number of hydrogen-bond acceptors (Lipinski definition) is 4. The standard InChI is InChI=1S/C15H14ClN3O2/c1-9-15(20)19(12-4-2-3-5-13(12)21-9)8-11-10(16)6-7-14(17)18-11/h2-7,9H,8H2,1H3,(H2,17,18). The summed E-state index contributed by atoms with van der Waals surface area (Å²) in [5.41, 5.74) is 6.96. The highest BCUT2D eigenvalue weighted by atomic mass is 35.5. The molecule has 2 aromatic rings. The van der Waals surface area contributed by atoms with Gasteiger partial charge in [0.2, 0.25) is 0 Å². The van der Waals surface area contributed by atoms with Crippen LogP contribution in [0.2, 0.25) is 5.02 Å². The summed E-state index contributed by atoms with van der Waals surface area (Å²) in [5, 5.41) is 0.480. The molecule has 1 atom stereocenters. The van der Waals surface area contributed by atoms with Gasteiger partial charge in [0.25, 0.3) is 5.91 Å². The number of carbonyl (C=O) groups excluding carboxylic acids is 1. The van der Waals surface area contributed by atoms with Crippen molar-refractivity contribution in [1.29, 1.82) is 0 Å². The van der Waals surface area contributed by atoms with E-state index in [9.17, 15) is 4.79 Å². The van der Waals surface area contributed by atoms with Gasteiger partial charge in [-0.25, -0.2) is 4.98 Å². The van der Waals surface area contributed by atoms with Gasteiger partial charge in [0.1, 0.15) is 11.6 Å². The summed E-state index contributed by atoms with van der Waals surface area (Å²) in [7, 11) is 0. The zero-order valence-electron chi connectivity index (χ0n) is 11.4. The average molecular weight is 304 g/mol. The Hall–Kier alpha value is -2.27. The number of fused-ring (bicyclic) bond motifs is 1. The largest absolute Gasteiger partial charge is 0.479 e. The highest BCUT2D eigenvalue weighted by Crippen LogP contribution is 2.35. The summed E-state index contributed by atoms with van der Waals surface area (Å²) in [6.07, 6.45) is -0.542. The van der Waals surface area contributed by atoms with Crippen LogP contribution in [-0.2, 0) is 11.3 Å². The Morgan fingerprint density at radius 3 is 2.90 bits per heavy atom. The predicted molar refractivity (Wildman–Crippen MR) is 81.4 cm³/mol. The lowest BCUT2D eigenvalue weighted by atomic mass is 10.1. The molecule has 1 amide bonds. The SMILES string of the molecule is CC1Oc2ccccc2N(Cc2nc(N)ccc2Cl)C1=O. The number of carbonyl (C=O) groups is 1. The molecule has 6 heteroatoms. The van der Waals surface area contributed by atoms with E-state index in [0.717, 1.165) is 0 Å². The third-order valence-electron chi connectivity index (χ3n) is 3.32. The van der Waals surface area contributed by atoms with Crippen LogP contribution in [-0.4, -0.2) is 17.0 Å². The summed E-state index contributed by atoms with van der Waals surface area (Å²) in [4.78, 5) is 18.2. The van der Waals surface area contributed by atoms with Crippen LogP contribution in [0.25, 0.3) is 0 Å². The van der Waals surface area contributed by atoms with Gasteiger partial charge < -0.3 is 10.5 Å². The second-order valence-corrected chi connectivity index (χ2v) is 5.22. The average Bonchev–Trinajstić information content (AvgIpc) is 2.47. The smallest absolute Gasteiger partial charge is 0.268 e. The number of benzene rings is 1. The monoisotopic (exact) mass is 303 g/mol. The zero-order valence-corrected chi connectivity index (χ0v) is 12.2. The van der Waals surface area contributed by atoms with Gasteiger partial charge in [0.05, 0.1) is 22.9 Å². The maximum Gasteiger partial charge on any atom is 0.268 e. The van der Waals surface area contributed by atoms with Crippen molar-refractivity contribution in [1.82, 2.24) is 4.98 Å². The van der Waals surface area contributed by atoms with E-state index in [1.165, 1.54) is 0 Å². The maximum absolute atomic E-state index is 12.4. The van der Waals surface area contributed by atoms with E-state index in [2.05, 4.69) is 4.98 Å². The van der Waals surface area contributed by atoms with Gasteiger partial charge in [-0.3, -0.25) is 9.69 Å². The number of ether oxygens (including phenoxy) is 1. The minimum atomic E-state index is -0.542. The molecule has 0 saturated heterocycles. The van der Waals surface area contributed by atoms with Gasteiger partial charge in [0, 0.05) is 0 Å². The molecule has 0 saturated carbocycles. The lowest BCUT2D eigenvalue weighted by molar-refractivity contribution is -0.125. The third-order valence-corrected chi connectivity index (χ3v) is 3.67. The normalized spacial score (nSPS) is 17.3. The first-order valence-corrected chi connectivity index (χ1v) is 6.92. The van der Waals surface area contributed by atoms with Crippen molar-refractivity contribution in [3.8, 4) is 5.75 Å². The fourth-order valence-electron chi connectivity index (χ4n) is 2.28. The fraction of sp³-hybridized carbons (Fsp3) is 0.200. The first-order valence-electron chi connectivity index (χ1n) is 6.54. The Morgan fingerprint density at radius 2 is 2.10 bits per heavy atom. The van der Waals surface area contributed by atoms with Crippen LogP contribution in [0.5, 0.6) is 5.75 Å². The quantitative estimate of drug-likeness (QED) is 0.926. The molecule has 5 nitrogen and oxygen atoms in total. The third kappa shape index (κ3) is 2.52. The van der Waals surface area contributed by atoms with Gasteiger partial charge in [-0.1, -0.05) is 23.7 Å². The molecule has 1 aliphatic heterocycles. The molecule has 1 aromatic heterocycles. The predicted octanol–water partition coefficient (Wildman–Crippen LogP) is 2.63. The topological polar surface area (TPSA) is 68.4 Å². The molecule has 0 bridgehead atoms. The second-order valence-electron chi connectivity index (χ2n) is 4.82. The van der Waals surface area contributed by atoms with E-state index >= 15 is 0 Å². The Labute approximate surface area is 127 Å². The lowest BCUT2D eigenvalue weighted by Crippen LogP contribution is -2.44. The number of pyridine rings is 1. The van der Waals surface area contributed by atoms with Gasteiger partial charge in [-0.2, -0.15) is 0 Å². The van der Waals surface area contributed by atoms with E-state index in [1.54, 1.807) is 24.0 Å². The number of hydrogen-bond donors (Lipinski definition) is 1. The first-order chi connectivity index (χ1) is 10.1. The van der Waals surface area contributed by atoms with Crippen molar-refractivity contribution in [2.24, 2.45) is 0 Å². The fourth-order valence-corrected chi connectivity index (χ4v) is 2.45. The van der Waals surface area contributed by atoms with Crippen molar-refractivity contribution < 1.29 is 9.53 Å². The molecule has 1 aromatic carbocycles. The van der Waals surface area contributed by atoms with Crippen molar-refractivity contribution in [2.45, 2.75) is 19.6 Å². The van der Waals surface area contributed by atoms with Crippen molar-refractivity contribution in [2.75, 3.05) is 10.6 Å². The Morgan fingerprint density at radius 1 is 1.33 bits per heavy atom. The molecule has 1 unspecified atom stereocenters. The molecular formula is C15H14ClN3O2. The minimum absolute atomic E-state index is 0.131. The number of halogens is 1. The number of amides is 1. The molecule has 3 rings (SSSR count). The minimum Gasteiger partial charge on any atom is -0.479 e. The van der Waals surface area contributed by atoms with Crippen LogP contribution >= 0.6 is 11.6 Å². The number of aromatic nitrogens is 1. The van der Waals surface area contributed by atoms with E-state index in [0.29, 0.717) is 28.0 Å². The zero-order chi connectivity index (χ0) is 15.0. The molecule has 0 fully saturated rings. The summed E-state index contributed by atoms with van der Waals surface area (Å²) in [5.74, 6) is 0.912. The van der Waals surface area contributed by atoms with Crippen LogP contribution in [0.3, 0.4) is 0 Å². The molecule has 108 valence electrons. The van der Waals surface area contributed by atoms with Crippen LogP contribution < -0.4 is 15.4 Å².